The fourth-order valence-electron chi connectivity index (χ4n) is 3.07. The molecule has 23 heavy (non-hydrogen) atoms. The highest BCUT2D eigenvalue weighted by molar-refractivity contribution is 7.89. The van der Waals surface area contributed by atoms with E-state index in [2.05, 4.69) is 0 Å². The van der Waals surface area contributed by atoms with E-state index in [-0.39, 0.29) is 16.6 Å². The van der Waals surface area contributed by atoms with Gasteiger partial charge in [0, 0.05) is 17.0 Å². The molecule has 0 saturated carbocycles. The van der Waals surface area contributed by atoms with E-state index in [1.807, 2.05) is 18.2 Å². The topological polar surface area (TPSA) is 77.2 Å². The van der Waals surface area contributed by atoms with Gasteiger partial charge in [0.05, 0.1) is 4.90 Å². The summed E-state index contributed by atoms with van der Waals surface area (Å²) in [7, 11) is -3.81. The Morgan fingerprint density at radius 2 is 2.00 bits per heavy atom. The average molecular weight is 350 g/mol. The Morgan fingerprint density at radius 3 is 2.74 bits per heavy atom. The number of benzene rings is 2. The van der Waals surface area contributed by atoms with Gasteiger partial charge in [0.25, 0.3) is 0 Å². The molecule has 6 heteroatoms. The van der Waals surface area contributed by atoms with Gasteiger partial charge in [0.15, 0.2) is 5.78 Å². The summed E-state index contributed by atoms with van der Waals surface area (Å²) in [4.78, 5) is 12.5. The molecule has 0 saturated heterocycles. The van der Waals surface area contributed by atoms with Crippen LogP contribution < -0.4 is 5.14 Å². The first kappa shape index (κ1) is 16.2. The normalized spacial score (nSPS) is 17.0. The van der Waals surface area contributed by atoms with Crippen LogP contribution in [0.15, 0.2) is 47.4 Å². The smallest absolute Gasteiger partial charge is 0.238 e. The van der Waals surface area contributed by atoms with Crippen molar-refractivity contribution in [1.82, 2.24) is 0 Å². The number of primary sulfonamides is 1. The molecule has 2 N–H and O–H groups in total. The van der Waals surface area contributed by atoms with Gasteiger partial charge in [-0.05, 0) is 54.2 Å². The van der Waals surface area contributed by atoms with Crippen LogP contribution >= 0.6 is 11.6 Å². The van der Waals surface area contributed by atoms with Crippen LogP contribution in [0.3, 0.4) is 0 Å². The summed E-state index contributed by atoms with van der Waals surface area (Å²) >= 11 is 6.00. The van der Waals surface area contributed by atoms with E-state index in [4.69, 9.17) is 16.7 Å². The van der Waals surface area contributed by atoms with E-state index in [1.54, 1.807) is 6.07 Å². The number of nitrogens with two attached hydrogens (primary N) is 1. The zero-order valence-electron chi connectivity index (χ0n) is 12.3. The molecule has 1 aliphatic carbocycles. The highest BCUT2D eigenvalue weighted by atomic mass is 35.5. The Bertz CT molecular complexity index is 877. The van der Waals surface area contributed by atoms with Crippen molar-refractivity contribution in [3.05, 3.63) is 64.2 Å². The fraction of sp³-hybridized carbons (Fsp3) is 0.235. The maximum absolute atomic E-state index is 12.5. The highest BCUT2D eigenvalue weighted by Gasteiger charge is 2.25. The van der Waals surface area contributed by atoms with Gasteiger partial charge >= 0.3 is 0 Å². The first-order valence-corrected chi connectivity index (χ1v) is 9.21. The number of halogens is 1. The Balaban J connectivity index is 1.82. The van der Waals surface area contributed by atoms with Gasteiger partial charge in [-0.1, -0.05) is 29.8 Å². The molecule has 0 aromatic heterocycles. The summed E-state index contributed by atoms with van der Waals surface area (Å²) in [5, 5.41) is 5.82. The number of hydrogen-bond acceptors (Lipinski definition) is 3. The van der Waals surface area contributed by atoms with Crippen LogP contribution in [0.25, 0.3) is 0 Å². The molecule has 1 aliphatic rings. The predicted molar refractivity (Wildman–Crippen MR) is 89.3 cm³/mol. The van der Waals surface area contributed by atoms with Crippen LogP contribution in [0, 0.1) is 0 Å². The summed E-state index contributed by atoms with van der Waals surface area (Å²) in [5.41, 5.74) is 2.72. The molecule has 3 rings (SSSR count). The molecule has 0 amide bonds. The second-order valence-corrected chi connectivity index (χ2v) is 7.78. The Hall–Kier alpha value is -1.69. The zero-order valence-corrected chi connectivity index (χ0v) is 13.9. The van der Waals surface area contributed by atoms with Crippen LogP contribution in [0.1, 0.15) is 40.2 Å². The third-order valence-corrected chi connectivity index (χ3v) is 5.37. The molecule has 2 aromatic carbocycles. The predicted octanol–water partition coefficient (Wildman–Crippen LogP) is 3.29. The Morgan fingerprint density at radius 1 is 1.22 bits per heavy atom. The van der Waals surface area contributed by atoms with E-state index in [9.17, 15) is 13.2 Å². The lowest BCUT2D eigenvalue weighted by Crippen LogP contribution is -2.13. The minimum absolute atomic E-state index is 0.0399. The van der Waals surface area contributed by atoms with Crippen molar-refractivity contribution in [1.29, 1.82) is 0 Å². The third-order valence-electron chi connectivity index (χ3n) is 4.22. The average Bonchev–Trinajstić information content (AvgIpc) is 2.88. The lowest BCUT2D eigenvalue weighted by molar-refractivity contribution is 0.0973. The van der Waals surface area contributed by atoms with Crippen LogP contribution in [0.4, 0.5) is 0 Å². The number of hydrogen-bond donors (Lipinski definition) is 1. The van der Waals surface area contributed by atoms with Crippen LogP contribution in [0.5, 0.6) is 0 Å². The highest BCUT2D eigenvalue weighted by Crippen LogP contribution is 2.37. The summed E-state index contributed by atoms with van der Waals surface area (Å²) in [5.74, 6) is 0.0659. The van der Waals surface area contributed by atoms with Crippen molar-refractivity contribution in [3.63, 3.8) is 0 Å². The third kappa shape index (κ3) is 3.47. The summed E-state index contributed by atoms with van der Waals surface area (Å²) in [6, 6.07) is 11.6. The lowest BCUT2D eigenvalue weighted by Gasteiger charge is -2.11. The number of carbonyl (C=O) groups excluding carboxylic acids is 1. The number of Topliss-reactive ketones (excluding diaryl/α,β-unsaturated/α-hetero) is 1. The standard InChI is InChI=1S/C17H16ClNO3S/c18-14-6-7-16-11(8-14)4-5-12(16)10-17(20)13-2-1-3-15(9-13)23(19,21)22/h1-3,6-9,12H,4-5,10H2,(H2,19,21,22)/t12-/m0/s1. The molecule has 1 atom stereocenters. The number of fused-ring (bicyclic) bond motifs is 1. The monoisotopic (exact) mass is 349 g/mol. The first-order chi connectivity index (χ1) is 10.8. The maximum atomic E-state index is 12.5. The van der Waals surface area contributed by atoms with Crippen molar-refractivity contribution in [3.8, 4) is 0 Å². The Labute approximate surface area is 140 Å². The van der Waals surface area contributed by atoms with E-state index >= 15 is 0 Å². The second kappa shape index (κ2) is 6.07. The summed E-state index contributed by atoms with van der Waals surface area (Å²) in [6.07, 6.45) is 2.16. The number of aryl methyl sites for hydroxylation is 1. The number of rotatable bonds is 4. The molecule has 0 radical (unpaired) electrons. The molecule has 0 bridgehead atoms. The molecule has 0 heterocycles. The first-order valence-electron chi connectivity index (χ1n) is 7.29. The molecule has 0 unspecified atom stereocenters. The van der Waals surface area contributed by atoms with E-state index < -0.39 is 10.0 Å². The number of carbonyl (C=O) groups is 1. The van der Waals surface area contributed by atoms with Gasteiger partial charge in [-0.3, -0.25) is 4.79 Å². The van der Waals surface area contributed by atoms with Crippen molar-refractivity contribution in [2.24, 2.45) is 5.14 Å². The summed E-state index contributed by atoms with van der Waals surface area (Å²) < 4.78 is 22.8. The SMILES string of the molecule is NS(=O)(=O)c1cccc(C(=O)C[C@@H]2CCc3cc(Cl)ccc32)c1. The molecule has 0 fully saturated rings. The van der Waals surface area contributed by atoms with Crippen molar-refractivity contribution in [2.75, 3.05) is 0 Å². The van der Waals surface area contributed by atoms with Crippen molar-refractivity contribution < 1.29 is 13.2 Å². The van der Waals surface area contributed by atoms with Gasteiger partial charge < -0.3 is 0 Å². The largest absolute Gasteiger partial charge is 0.294 e. The number of sulfonamides is 1. The molecular formula is C17H16ClNO3S. The molecule has 0 aliphatic heterocycles. The minimum Gasteiger partial charge on any atom is -0.294 e. The van der Waals surface area contributed by atoms with Crippen molar-refractivity contribution in [2.45, 2.75) is 30.1 Å². The number of ketones is 1. The molecular weight excluding hydrogens is 334 g/mol. The van der Waals surface area contributed by atoms with Gasteiger partial charge in [0.2, 0.25) is 10.0 Å². The molecule has 2 aromatic rings. The molecule has 120 valence electrons. The second-order valence-electron chi connectivity index (χ2n) is 5.78. The van der Waals surface area contributed by atoms with E-state index in [0.29, 0.717) is 17.0 Å². The molecule has 4 nitrogen and oxygen atoms in total. The maximum Gasteiger partial charge on any atom is 0.238 e. The van der Waals surface area contributed by atoms with Crippen LogP contribution in [-0.4, -0.2) is 14.2 Å². The fourth-order valence-corrected chi connectivity index (χ4v) is 3.83. The molecule has 0 spiro atoms. The van der Waals surface area contributed by atoms with Gasteiger partial charge in [-0.2, -0.15) is 0 Å². The minimum atomic E-state index is -3.81. The zero-order chi connectivity index (χ0) is 16.6. The van der Waals surface area contributed by atoms with E-state index in [0.717, 1.165) is 18.4 Å². The quantitative estimate of drug-likeness (QED) is 0.860. The van der Waals surface area contributed by atoms with Gasteiger partial charge in [-0.15, -0.1) is 0 Å². The van der Waals surface area contributed by atoms with Crippen molar-refractivity contribution >= 4 is 27.4 Å². The Kier molecular flexibility index (Phi) is 4.27. The van der Waals surface area contributed by atoms with Gasteiger partial charge in [0.1, 0.15) is 0 Å². The van der Waals surface area contributed by atoms with Gasteiger partial charge in [-0.25, -0.2) is 13.6 Å². The van der Waals surface area contributed by atoms with Crippen LogP contribution in [-0.2, 0) is 16.4 Å². The lowest BCUT2D eigenvalue weighted by atomic mass is 9.93. The van der Waals surface area contributed by atoms with E-state index in [1.165, 1.54) is 23.8 Å². The van der Waals surface area contributed by atoms with Crippen LogP contribution in [0.2, 0.25) is 5.02 Å². The summed E-state index contributed by atoms with van der Waals surface area (Å²) in [6.45, 7) is 0.